The second-order valence-corrected chi connectivity index (χ2v) is 1.59. The molecule has 0 saturated carbocycles. The Hall–Kier alpha value is -1.78. The number of hydrogen-bond donors (Lipinski definition) is 1. The number of carbonyl (C=O) groups excluding carboxylic acids is 2. The first-order chi connectivity index (χ1) is 5.04. The van der Waals surface area contributed by atoms with Gasteiger partial charge in [0.25, 0.3) is 0 Å². The van der Waals surface area contributed by atoms with E-state index in [1.165, 1.54) is 0 Å². The molecule has 0 aliphatic rings. The first kappa shape index (κ1) is 9.22. The van der Waals surface area contributed by atoms with Crippen LogP contribution in [-0.2, 0) is 9.59 Å². The molecule has 0 saturated heterocycles. The number of carboxylic acid groups (broad SMARTS) is 2. The van der Waals surface area contributed by atoms with Gasteiger partial charge in [-0.1, -0.05) is 6.08 Å². The fourth-order valence-corrected chi connectivity index (χ4v) is 0.298. The molecule has 0 amide bonds. The maximum atomic E-state index is 9.87. The van der Waals surface area contributed by atoms with Crippen LogP contribution >= 0.6 is 0 Å². The number of carboxylic acids is 2. The molecule has 5 heteroatoms. The predicted octanol–water partition coefficient (Wildman–Crippen LogP) is -3.11. The summed E-state index contributed by atoms with van der Waals surface area (Å²) in [7, 11) is 0. The minimum atomic E-state index is -1.55. The van der Waals surface area contributed by atoms with E-state index in [0.29, 0.717) is 6.08 Å². The van der Waals surface area contributed by atoms with Gasteiger partial charge in [0.2, 0.25) is 0 Å². The molecule has 0 aliphatic heterocycles. The number of carbonyl (C=O) groups is 2. The quantitative estimate of drug-likeness (QED) is 0.343. The van der Waals surface area contributed by atoms with E-state index in [9.17, 15) is 19.8 Å². The highest BCUT2D eigenvalue weighted by atomic mass is 16.4. The largest absolute Gasteiger partial charge is 0.545 e. The maximum Gasteiger partial charge on any atom is 0.0872 e. The molecule has 0 aromatic rings. The molecule has 0 rings (SSSR count). The van der Waals surface area contributed by atoms with Crippen molar-refractivity contribution in [3.63, 3.8) is 0 Å². The molecule has 2 N–H and O–H groups in total. The third-order valence-electron chi connectivity index (χ3n) is 0.744. The summed E-state index contributed by atoms with van der Waals surface area (Å²) in [5.41, 5.74) is 4.30. The number of aliphatic carboxylic acids is 2. The molecule has 60 valence electrons. The SMILES string of the molecule is N/C(=C\C=C\C(=O)[O-])C(=O)[O-]. The van der Waals surface area contributed by atoms with Gasteiger partial charge in [0.15, 0.2) is 0 Å². The highest BCUT2D eigenvalue weighted by molar-refractivity contribution is 5.84. The van der Waals surface area contributed by atoms with Crippen molar-refractivity contribution >= 4 is 11.9 Å². The molecular formula is C6H5NO4-2. The molecule has 11 heavy (non-hydrogen) atoms. The molecule has 0 heterocycles. The summed E-state index contributed by atoms with van der Waals surface area (Å²) < 4.78 is 0. The van der Waals surface area contributed by atoms with Crippen LogP contribution in [0.5, 0.6) is 0 Å². The topological polar surface area (TPSA) is 106 Å². The van der Waals surface area contributed by atoms with Crippen molar-refractivity contribution in [2.75, 3.05) is 0 Å². The zero-order valence-corrected chi connectivity index (χ0v) is 5.44. The van der Waals surface area contributed by atoms with Crippen molar-refractivity contribution < 1.29 is 19.8 Å². The van der Waals surface area contributed by atoms with Crippen molar-refractivity contribution in [2.24, 2.45) is 5.73 Å². The van der Waals surface area contributed by atoms with Gasteiger partial charge < -0.3 is 25.5 Å². The summed E-state index contributed by atoms with van der Waals surface area (Å²) in [4.78, 5) is 19.6. The molecule has 0 aliphatic carbocycles. The molecule has 5 nitrogen and oxygen atoms in total. The smallest absolute Gasteiger partial charge is 0.0872 e. The fraction of sp³-hybridized carbons (Fsp3) is 0. The van der Waals surface area contributed by atoms with Gasteiger partial charge in [-0.25, -0.2) is 0 Å². The van der Waals surface area contributed by atoms with Crippen LogP contribution in [0.25, 0.3) is 0 Å². The van der Waals surface area contributed by atoms with Crippen molar-refractivity contribution in [1.29, 1.82) is 0 Å². The Balaban J connectivity index is 4.13. The number of nitrogens with two attached hydrogens (primary N) is 1. The summed E-state index contributed by atoms with van der Waals surface area (Å²) >= 11 is 0. The Morgan fingerprint density at radius 2 is 1.82 bits per heavy atom. The standard InChI is InChI=1S/C6H7NO4/c7-4(6(10)11)2-1-3-5(8)9/h1-3H,7H2,(H,8,9)(H,10,11)/p-2/b3-1+,4-2-. The van der Waals surface area contributed by atoms with Crippen LogP contribution in [0, 0.1) is 0 Å². The van der Waals surface area contributed by atoms with Crippen molar-refractivity contribution in [1.82, 2.24) is 0 Å². The van der Waals surface area contributed by atoms with E-state index < -0.39 is 17.6 Å². The minimum Gasteiger partial charge on any atom is -0.545 e. The molecule has 0 fully saturated rings. The van der Waals surface area contributed by atoms with Gasteiger partial charge in [-0.15, -0.1) is 0 Å². The monoisotopic (exact) mass is 155 g/mol. The first-order valence-electron chi connectivity index (χ1n) is 2.60. The van der Waals surface area contributed by atoms with E-state index in [2.05, 4.69) is 0 Å². The molecule has 0 aromatic carbocycles. The second-order valence-electron chi connectivity index (χ2n) is 1.59. The van der Waals surface area contributed by atoms with Gasteiger partial charge in [0.05, 0.1) is 17.6 Å². The predicted molar refractivity (Wildman–Crippen MR) is 31.4 cm³/mol. The van der Waals surface area contributed by atoms with E-state index >= 15 is 0 Å². The lowest BCUT2D eigenvalue weighted by Gasteiger charge is -1.97. The number of hydrogen-bond acceptors (Lipinski definition) is 5. The summed E-state index contributed by atoms with van der Waals surface area (Å²) in [6.07, 6.45) is 2.49. The molecule has 0 radical (unpaired) electrons. The third kappa shape index (κ3) is 4.71. The van der Waals surface area contributed by atoms with E-state index in [4.69, 9.17) is 5.73 Å². The Morgan fingerprint density at radius 3 is 2.18 bits per heavy atom. The van der Waals surface area contributed by atoms with E-state index in [1.807, 2.05) is 0 Å². The Labute approximate surface area is 62.4 Å². The van der Waals surface area contributed by atoms with Gasteiger partial charge in [0, 0.05) is 0 Å². The average Bonchev–Trinajstić information content (AvgIpc) is 1.86. The lowest BCUT2D eigenvalue weighted by molar-refractivity contribution is -0.300. The maximum absolute atomic E-state index is 9.87. The van der Waals surface area contributed by atoms with Crippen LogP contribution in [0.1, 0.15) is 0 Å². The number of rotatable bonds is 3. The van der Waals surface area contributed by atoms with Crippen LogP contribution in [0.2, 0.25) is 0 Å². The second kappa shape index (κ2) is 4.10. The highest BCUT2D eigenvalue weighted by Crippen LogP contribution is 1.81. The Bertz CT molecular complexity index is 229. The van der Waals surface area contributed by atoms with Gasteiger partial charge in [-0.3, -0.25) is 0 Å². The first-order valence-corrected chi connectivity index (χ1v) is 2.60. The Kier molecular flexibility index (Phi) is 3.44. The van der Waals surface area contributed by atoms with Crippen LogP contribution in [-0.4, -0.2) is 11.9 Å². The third-order valence-corrected chi connectivity index (χ3v) is 0.744. The summed E-state index contributed by atoms with van der Waals surface area (Å²) in [6, 6.07) is 0. The van der Waals surface area contributed by atoms with E-state index in [-0.39, 0.29) is 0 Å². The van der Waals surface area contributed by atoms with Crippen LogP contribution in [0.3, 0.4) is 0 Å². The highest BCUT2D eigenvalue weighted by Gasteiger charge is 1.84. The summed E-state index contributed by atoms with van der Waals surface area (Å²) in [5.74, 6) is -2.97. The fourth-order valence-electron chi connectivity index (χ4n) is 0.298. The molecular weight excluding hydrogens is 150 g/mol. The van der Waals surface area contributed by atoms with Gasteiger partial charge in [-0.2, -0.15) is 0 Å². The average molecular weight is 155 g/mol. The number of allylic oxidation sites excluding steroid dienone is 2. The summed E-state index contributed by atoms with van der Waals surface area (Å²) in [5, 5.41) is 19.6. The zero-order valence-electron chi connectivity index (χ0n) is 5.44. The van der Waals surface area contributed by atoms with Crippen molar-refractivity contribution in [3.05, 3.63) is 23.9 Å². The van der Waals surface area contributed by atoms with Crippen LogP contribution in [0.4, 0.5) is 0 Å². The van der Waals surface area contributed by atoms with Crippen molar-refractivity contribution in [3.8, 4) is 0 Å². The molecule has 0 unspecified atom stereocenters. The molecule has 0 aromatic heterocycles. The molecule has 0 bridgehead atoms. The van der Waals surface area contributed by atoms with E-state index in [1.54, 1.807) is 0 Å². The lowest BCUT2D eigenvalue weighted by atomic mass is 10.4. The van der Waals surface area contributed by atoms with Crippen LogP contribution in [0.15, 0.2) is 23.9 Å². The zero-order chi connectivity index (χ0) is 8.85. The minimum absolute atomic E-state index is 0.539. The van der Waals surface area contributed by atoms with Crippen molar-refractivity contribution in [2.45, 2.75) is 0 Å². The lowest BCUT2D eigenvalue weighted by Crippen LogP contribution is -2.28. The summed E-state index contributed by atoms with van der Waals surface area (Å²) in [6.45, 7) is 0. The van der Waals surface area contributed by atoms with E-state index in [0.717, 1.165) is 12.2 Å². The van der Waals surface area contributed by atoms with Gasteiger partial charge in [0.1, 0.15) is 0 Å². The van der Waals surface area contributed by atoms with Crippen LogP contribution < -0.4 is 15.9 Å². The van der Waals surface area contributed by atoms with Gasteiger partial charge >= 0.3 is 0 Å². The normalized spacial score (nSPS) is 11.8. The molecule has 0 spiro atoms. The van der Waals surface area contributed by atoms with Gasteiger partial charge in [-0.05, 0) is 12.2 Å². The molecule has 0 atom stereocenters. The Morgan fingerprint density at radius 1 is 1.27 bits per heavy atom.